The first-order chi connectivity index (χ1) is 9.75. The molecule has 0 spiro atoms. The lowest BCUT2D eigenvalue weighted by Gasteiger charge is -2.09. The van der Waals surface area contributed by atoms with Gasteiger partial charge in [0.05, 0.1) is 0 Å². The van der Waals surface area contributed by atoms with E-state index in [1.165, 1.54) is 46.8 Å². The summed E-state index contributed by atoms with van der Waals surface area (Å²) in [5, 5.41) is 4.87. The zero-order valence-corrected chi connectivity index (χ0v) is 14.2. The number of nitrogens with zero attached hydrogens (tertiary/aromatic N) is 1. The predicted molar refractivity (Wildman–Crippen MR) is 91.4 cm³/mol. The van der Waals surface area contributed by atoms with Gasteiger partial charge in [-0.3, -0.25) is 0 Å². The van der Waals surface area contributed by atoms with Crippen LogP contribution in [-0.2, 0) is 6.54 Å². The van der Waals surface area contributed by atoms with Gasteiger partial charge in [-0.15, -0.1) is 0 Å². The fraction of sp³-hybridized carbons (Fsp3) is 0.529. The van der Waals surface area contributed by atoms with Crippen LogP contribution in [0.2, 0.25) is 0 Å². The highest BCUT2D eigenvalue weighted by Gasteiger charge is 2.10. The largest absolute Gasteiger partial charge is 0.342 e. The molecule has 0 saturated carbocycles. The second-order valence-electron chi connectivity index (χ2n) is 5.38. The third kappa shape index (κ3) is 3.64. The number of halogens is 1. The summed E-state index contributed by atoms with van der Waals surface area (Å²) in [6.45, 7) is 7.65. The van der Waals surface area contributed by atoms with Crippen LogP contribution < -0.4 is 5.32 Å². The number of benzene rings is 1. The van der Waals surface area contributed by atoms with Crippen molar-refractivity contribution >= 4 is 26.8 Å². The third-order valence-electron chi connectivity index (χ3n) is 3.87. The molecule has 110 valence electrons. The fourth-order valence-electron chi connectivity index (χ4n) is 2.67. The number of fused-ring (bicyclic) bond motifs is 1. The molecule has 0 fully saturated rings. The van der Waals surface area contributed by atoms with Gasteiger partial charge in [-0.25, -0.2) is 0 Å². The van der Waals surface area contributed by atoms with E-state index in [0.29, 0.717) is 0 Å². The summed E-state index contributed by atoms with van der Waals surface area (Å²) in [6.07, 6.45) is 5.31. The van der Waals surface area contributed by atoms with Crippen LogP contribution in [0.15, 0.2) is 28.7 Å². The zero-order chi connectivity index (χ0) is 14.4. The molecule has 0 atom stereocenters. The highest BCUT2D eigenvalue weighted by molar-refractivity contribution is 9.10. The molecule has 1 aromatic heterocycles. The minimum absolute atomic E-state index is 1.03. The van der Waals surface area contributed by atoms with Crippen LogP contribution in [0.1, 0.15) is 38.3 Å². The molecule has 1 aromatic carbocycles. The lowest BCUT2D eigenvalue weighted by Crippen LogP contribution is -2.21. The van der Waals surface area contributed by atoms with E-state index in [1.54, 1.807) is 0 Å². The third-order valence-corrected chi connectivity index (χ3v) is 4.87. The first-order valence-corrected chi connectivity index (χ1v) is 8.49. The van der Waals surface area contributed by atoms with Crippen molar-refractivity contribution < 1.29 is 0 Å². The molecule has 0 aliphatic rings. The smallest absolute Gasteiger partial charge is 0.0494 e. The van der Waals surface area contributed by atoms with Gasteiger partial charge in [-0.05, 0) is 41.9 Å². The Morgan fingerprint density at radius 2 is 1.90 bits per heavy atom. The Morgan fingerprint density at radius 1 is 1.10 bits per heavy atom. The molecule has 20 heavy (non-hydrogen) atoms. The lowest BCUT2D eigenvalue weighted by atomic mass is 10.2. The monoisotopic (exact) mass is 336 g/mol. The van der Waals surface area contributed by atoms with Gasteiger partial charge < -0.3 is 9.88 Å². The van der Waals surface area contributed by atoms with Crippen LogP contribution in [0.5, 0.6) is 0 Å². The standard InChI is InChI=1S/C17H25BrN2/c1-3-4-5-8-11-19-12-13-20-14(2)17(18)15-9-6-7-10-16(15)20/h6-7,9-10,19H,3-5,8,11-13H2,1-2H3. The first-order valence-electron chi connectivity index (χ1n) is 7.69. The minimum Gasteiger partial charge on any atom is -0.342 e. The van der Waals surface area contributed by atoms with Gasteiger partial charge in [0.25, 0.3) is 0 Å². The number of para-hydroxylation sites is 1. The summed E-state index contributed by atoms with van der Waals surface area (Å²) in [7, 11) is 0. The lowest BCUT2D eigenvalue weighted by molar-refractivity contribution is 0.563. The maximum absolute atomic E-state index is 3.71. The van der Waals surface area contributed by atoms with Gasteiger partial charge >= 0.3 is 0 Å². The molecular weight excluding hydrogens is 312 g/mol. The number of nitrogens with one attached hydrogen (secondary N) is 1. The molecule has 2 aromatic rings. The van der Waals surface area contributed by atoms with Crippen molar-refractivity contribution in [2.24, 2.45) is 0 Å². The topological polar surface area (TPSA) is 17.0 Å². The maximum atomic E-state index is 3.71. The number of hydrogen-bond acceptors (Lipinski definition) is 1. The molecule has 2 nitrogen and oxygen atoms in total. The Morgan fingerprint density at radius 3 is 2.70 bits per heavy atom. The van der Waals surface area contributed by atoms with Gasteiger partial charge in [0.1, 0.15) is 0 Å². The van der Waals surface area contributed by atoms with E-state index in [4.69, 9.17) is 0 Å². The van der Waals surface area contributed by atoms with E-state index in [9.17, 15) is 0 Å². The molecule has 0 aliphatic heterocycles. The Hall–Kier alpha value is -0.800. The quantitative estimate of drug-likeness (QED) is 0.679. The van der Waals surface area contributed by atoms with Crippen molar-refractivity contribution in [3.8, 4) is 0 Å². The zero-order valence-electron chi connectivity index (χ0n) is 12.6. The van der Waals surface area contributed by atoms with E-state index in [0.717, 1.165) is 19.6 Å². The first kappa shape index (κ1) is 15.6. The Labute approximate surface area is 130 Å². The molecule has 1 heterocycles. The molecule has 0 aliphatic carbocycles. The van der Waals surface area contributed by atoms with Crippen LogP contribution in [0, 0.1) is 6.92 Å². The summed E-state index contributed by atoms with van der Waals surface area (Å²) < 4.78 is 3.63. The Bertz CT molecular complexity index is 545. The second kappa shape index (κ2) is 7.84. The second-order valence-corrected chi connectivity index (χ2v) is 6.17. The molecule has 0 unspecified atom stereocenters. The normalized spacial score (nSPS) is 11.3. The molecule has 1 N–H and O–H groups in total. The number of unbranched alkanes of at least 4 members (excludes halogenated alkanes) is 3. The van der Waals surface area contributed by atoms with Crippen LogP contribution in [0.25, 0.3) is 10.9 Å². The van der Waals surface area contributed by atoms with Crippen molar-refractivity contribution in [2.45, 2.75) is 46.1 Å². The Balaban J connectivity index is 1.89. The molecule has 0 bridgehead atoms. The van der Waals surface area contributed by atoms with Gasteiger partial charge in [-0.2, -0.15) is 0 Å². The minimum atomic E-state index is 1.03. The van der Waals surface area contributed by atoms with Crippen molar-refractivity contribution in [3.05, 3.63) is 34.4 Å². The van der Waals surface area contributed by atoms with E-state index in [2.05, 4.69) is 63.9 Å². The molecular formula is C17H25BrN2. The summed E-state index contributed by atoms with van der Waals surface area (Å²) in [4.78, 5) is 0. The summed E-state index contributed by atoms with van der Waals surface area (Å²) in [5.74, 6) is 0. The van der Waals surface area contributed by atoms with E-state index < -0.39 is 0 Å². The van der Waals surface area contributed by atoms with Gasteiger partial charge in [-0.1, -0.05) is 44.4 Å². The molecule has 0 saturated heterocycles. The molecule has 2 rings (SSSR count). The predicted octanol–water partition coefficient (Wildman–Crippen LogP) is 4.88. The number of aromatic nitrogens is 1. The maximum Gasteiger partial charge on any atom is 0.0494 e. The van der Waals surface area contributed by atoms with Crippen molar-refractivity contribution in [2.75, 3.05) is 13.1 Å². The van der Waals surface area contributed by atoms with E-state index in [1.807, 2.05) is 0 Å². The van der Waals surface area contributed by atoms with Crippen molar-refractivity contribution in [1.29, 1.82) is 0 Å². The molecule has 3 heteroatoms. The van der Waals surface area contributed by atoms with Crippen molar-refractivity contribution in [3.63, 3.8) is 0 Å². The van der Waals surface area contributed by atoms with Crippen molar-refractivity contribution in [1.82, 2.24) is 9.88 Å². The van der Waals surface area contributed by atoms with Crippen LogP contribution >= 0.6 is 15.9 Å². The SMILES string of the molecule is CCCCCCNCCn1c(C)c(Br)c2ccccc21. The fourth-order valence-corrected chi connectivity index (χ4v) is 3.22. The average molecular weight is 337 g/mol. The summed E-state index contributed by atoms with van der Waals surface area (Å²) in [5.41, 5.74) is 2.64. The van der Waals surface area contributed by atoms with Gasteiger partial charge in [0.2, 0.25) is 0 Å². The van der Waals surface area contributed by atoms with Gasteiger partial charge in [0.15, 0.2) is 0 Å². The average Bonchev–Trinajstić information content (AvgIpc) is 2.71. The molecule has 0 amide bonds. The number of rotatable bonds is 8. The number of hydrogen-bond donors (Lipinski definition) is 1. The van der Waals surface area contributed by atoms with Crippen LogP contribution in [-0.4, -0.2) is 17.7 Å². The highest BCUT2D eigenvalue weighted by Crippen LogP contribution is 2.30. The summed E-state index contributed by atoms with van der Waals surface area (Å²) in [6, 6.07) is 8.60. The van der Waals surface area contributed by atoms with Crippen LogP contribution in [0.3, 0.4) is 0 Å². The highest BCUT2D eigenvalue weighted by atomic mass is 79.9. The summed E-state index contributed by atoms with van der Waals surface area (Å²) >= 11 is 3.71. The van der Waals surface area contributed by atoms with E-state index >= 15 is 0 Å². The molecule has 0 radical (unpaired) electrons. The van der Waals surface area contributed by atoms with Crippen LogP contribution in [0.4, 0.5) is 0 Å². The Kier molecular flexibility index (Phi) is 6.11. The van der Waals surface area contributed by atoms with Gasteiger partial charge in [0, 0.05) is 34.2 Å². The van der Waals surface area contributed by atoms with E-state index in [-0.39, 0.29) is 0 Å².